The number of nitrogens with zero attached hydrogens (tertiary/aromatic N) is 4. The van der Waals surface area contributed by atoms with Crippen LogP contribution < -0.4 is 11.2 Å². The van der Waals surface area contributed by atoms with E-state index in [2.05, 4.69) is 22.1 Å². The van der Waals surface area contributed by atoms with Crippen molar-refractivity contribution in [1.29, 1.82) is 10.5 Å². The molecular formula is C18H24N6O. The number of nitrogens with one attached hydrogen (secondary N) is 1. The fourth-order valence-corrected chi connectivity index (χ4v) is 2.02. The van der Waals surface area contributed by atoms with E-state index >= 15 is 0 Å². The number of benzene rings is 1. The number of hydrogen-bond donors (Lipinski definition) is 3. The van der Waals surface area contributed by atoms with Gasteiger partial charge in [0.25, 0.3) is 0 Å². The van der Waals surface area contributed by atoms with Crippen LogP contribution >= 0.6 is 0 Å². The normalized spacial score (nSPS) is 12.8. The van der Waals surface area contributed by atoms with Gasteiger partial charge in [0.2, 0.25) is 0 Å². The Hall–Kier alpha value is -2.74. The third-order valence-corrected chi connectivity index (χ3v) is 3.83. The third kappa shape index (κ3) is 5.68. The Labute approximate surface area is 148 Å². The van der Waals surface area contributed by atoms with Gasteiger partial charge in [0.15, 0.2) is 0 Å². The van der Waals surface area contributed by atoms with Crippen LogP contribution in [0.2, 0.25) is 0 Å². The lowest BCUT2D eigenvalue weighted by molar-refractivity contribution is 0.183. The fraction of sp³-hybridized carbons (Fsp3) is 0.444. The van der Waals surface area contributed by atoms with E-state index in [-0.39, 0.29) is 12.4 Å². The van der Waals surface area contributed by atoms with E-state index in [9.17, 15) is 10.5 Å². The van der Waals surface area contributed by atoms with Gasteiger partial charge >= 0.3 is 0 Å². The number of hydroxylamine groups is 1. The first-order valence-corrected chi connectivity index (χ1v) is 7.81. The molecule has 0 spiro atoms. The highest BCUT2D eigenvalue weighted by molar-refractivity contribution is 5.88. The number of nitrogens with two attached hydrogens (primary N) is 1. The van der Waals surface area contributed by atoms with Crippen molar-refractivity contribution in [2.75, 3.05) is 6.54 Å². The summed E-state index contributed by atoms with van der Waals surface area (Å²) in [5.41, 5.74) is 8.65. The summed E-state index contributed by atoms with van der Waals surface area (Å²) >= 11 is 0. The molecule has 0 heterocycles. The molecule has 0 amide bonds. The smallest absolute Gasteiger partial charge is 0.117 e. The maximum absolute atomic E-state index is 9.41. The van der Waals surface area contributed by atoms with Gasteiger partial charge < -0.3 is 10.9 Å². The Bertz CT molecular complexity index is 706. The summed E-state index contributed by atoms with van der Waals surface area (Å²) in [6.07, 6.45) is 1.32. The van der Waals surface area contributed by atoms with Crippen molar-refractivity contribution in [3.8, 4) is 12.1 Å². The van der Waals surface area contributed by atoms with Crippen molar-refractivity contribution >= 4 is 12.2 Å². The lowest BCUT2D eigenvalue weighted by atomic mass is 9.79. The Balaban J connectivity index is 3.19. The number of rotatable bonds is 7. The van der Waals surface area contributed by atoms with Crippen molar-refractivity contribution in [2.45, 2.75) is 45.1 Å². The van der Waals surface area contributed by atoms with Gasteiger partial charge in [-0.05, 0) is 44.4 Å². The molecule has 1 aromatic carbocycles. The summed E-state index contributed by atoms with van der Waals surface area (Å²) in [6, 6.07) is 10.3. The lowest BCUT2D eigenvalue weighted by Gasteiger charge is -2.22. The van der Waals surface area contributed by atoms with Crippen LogP contribution in [0.5, 0.6) is 0 Å². The molecule has 0 aliphatic rings. The topological polar surface area (TPSA) is 131 Å². The number of aliphatic imine (C=N–C) groups is 2. The predicted octanol–water partition coefficient (Wildman–Crippen LogP) is 2.15. The quantitative estimate of drug-likeness (QED) is 0.398. The Morgan fingerprint density at radius 2 is 1.68 bits per heavy atom. The Morgan fingerprint density at radius 3 is 2.12 bits per heavy atom. The van der Waals surface area contributed by atoms with Crippen LogP contribution in [0.15, 0.2) is 28.2 Å². The maximum atomic E-state index is 9.41. The zero-order chi connectivity index (χ0) is 19.1. The summed E-state index contributed by atoms with van der Waals surface area (Å²) < 4.78 is 0. The number of nitriles is 2. The van der Waals surface area contributed by atoms with E-state index in [1.807, 2.05) is 51.4 Å². The first-order valence-electron chi connectivity index (χ1n) is 7.81. The summed E-state index contributed by atoms with van der Waals surface area (Å²) in [5.74, 6) is 0.205. The average molecular weight is 340 g/mol. The van der Waals surface area contributed by atoms with E-state index < -0.39 is 10.8 Å². The molecule has 1 aromatic rings. The molecule has 0 aliphatic carbocycles. The Morgan fingerprint density at radius 1 is 1.16 bits per heavy atom. The third-order valence-electron chi connectivity index (χ3n) is 3.83. The van der Waals surface area contributed by atoms with Crippen molar-refractivity contribution in [1.82, 2.24) is 5.48 Å². The standard InChI is InChI=1S/C18H24N6O/c1-17(2,10-19)14-5-13(6-15(7-14)18(3,4)11-20)8-22-12-23-16(21)9-24-25/h5-7,12,24-25H,8-9H2,1-4H3,(H2,21,22,23). The van der Waals surface area contributed by atoms with Gasteiger partial charge in [0, 0.05) is 0 Å². The molecule has 0 atom stereocenters. The van der Waals surface area contributed by atoms with Crippen LogP contribution in [0.3, 0.4) is 0 Å². The van der Waals surface area contributed by atoms with Gasteiger partial charge in [-0.2, -0.15) is 16.0 Å². The summed E-state index contributed by atoms with van der Waals surface area (Å²) in [7, 11) is 0. The van der Waals surface area contributed by atoms with Crippen LogP contribution in [-0.2, 0) is 17.4 Å². The highest BCUT2D eigenvalue weighted by atomic mass is 16.5. The highest BCUT2D eigenvalue weighted by Gasteiger charge is 2.26. The number of amidine groups is 1. The van der Waals surface area contributed by atoms with Gasteiger partial charge in [0.05, 0.1) is 36.1 Å². The Kier molecular flexibility index (Phi) is 6.81. The second-order valence-electron chi connectivity index (χ2n) is 6.80. The zero-order valence-corrected chi connectivity index (χ0v) is 15.0. The van der Waals surface area contributed by atoms with Crippen LogP contribution in [0.4, 0.5) is 0 Å². The molecule has 0 aromatic heterocycles. The molecule has 25 heavy (non-hydrogen) atoms. The minimum atomic E-state index is -0.671. The molecule has 0 bridgehead atoms. The van der Waals surface area contributed by atoms with Crippen molar-refractivity contribution in [2.24, 2.45) is 15.7 Å². The van der Waals surface area contributed by atoms with Gasteiger partial charge in [-0.25, -0.2) is 4.99 Å². The molecule has 0 saturated carbocycles. The molecule has 0 aliphatic heterocycles. The summed E-state index contributed by atoms with van der Waals surface area (Å²) in [6.45, 7) is 7.75. The monoisotopic (exact) mass is 340 g/mol. The first kappa shape index (κ1) is 20.3. The van der Waals surface area contributed by atoms with Crippen molar-refractivity contribution in [3.05, 3.63) is 34.9 Å². The average Bonchev–Trinajstić information content (AvgIpc) is 2.58. The van der Waals surface area contributed by atoms with Gasteiger partial charge in [-0.15, -0.1) is 0 Å². The van der Waals surface area contributed by atoms with Crippen LogP contribution in [0.1, 0.15) is 44.4 Å². The molecule has 4 N–H and O–H groups in total. The first-order chi connectivity index (χ1) is 11.7. The van der Waals surface area contributed by atoms with Crippen molar-refractivity contribution < 1.29 is 5.21 Å². The number of hydrogen-bond acceptors (Lipinski definition) is 5. The largest absolute Gasteiger partial charge is 0.386 e. The minimum absolute atomic E-state index is 0.0539. The molecule has 0 unspecified atom stereocenters. The predicted molar refractivity (Wildman–Crippen MR) is 97.3 cm³/mol. The molecule has 0 radical (unpaired) electrons. The zero-order valence-electron chi connectivity index (χ0n) is 15.0. The van der Waals surface area contributed by atoms with Gasteiger partial charge in [-0.1, -0.05) is 18.2 Å². The lowest BCUT2D eigenvalue weighted by Crippen LogP contribution is -2.26. The fourth-order valence-electron chi connectivity index (χ4n) is 2.02. The van der Waals surface area contributed by atoms with Gasteiger partial charge in [0.1, 0.15) is 12.2 Å². The van der Waals surface area contributed by atoms with Crippen molar-refractivity contribution in [3.63, 3.8) is 0 Å². The van der Waals surface area contributed by atoms with E-state index in [0.29, 0.717) is 6.54 Å². The van der Waals surface area contributed by atoms with E-state index in [1.54, 1.807) is 0 Å². The molecule has 132 valence electrons. The second kappa shape index (κ2) is 8.39. The summed E-state index contributed by atoms with van der Waals surface area (Å²) in [4.78, 5) is 8.07. The minimum Gasteiger partial charge on any atom is -0.386 e. The molecule has 0 saturated heterocycles. The SMILES string of the molecule is CC(C)(C#N)c1cc(CN=CN=C(N)CNO)cc(C(C)(C)C#N)c1. The molecule has 0 fully saturated rings. The van der Waals surface area contributed by atoms with Crippen LogP contribution in [0.25, 0.3) is 0 Å². The van der Waals surface area contributed by atoms with E-state index in [1.165, 1.54) is 6.34 Å². The van der Waals surface area contributed by atoms with E-state index in [0.717, 1.165) is 16.7 Å². The molecule has 7 heteroatoms. The van der Waals surface area contributed by atoms with Crippen LogP contribution in [0, 0.1) is 22.7 Å². The van der Waals surface area contributed by atoms with Crippen LogP contribution in [-0.4, -0.2) is 23.9 Å². The highest BCUT2D eigenvalue weighted by Crippen LogP contribution is 2.30. The summed E-state index contributed by atoms with van der Waals surface area (Å²) in [5, 5.41) is 27.3. The molecule has 7 nitrogen and oxygen atoms in total. The maximum Gasteiger partial charge on any atom is 0.117 e. The second-order valence-corrected chi connectivity index (χ2v) is 6.80. The van der Waals surface area contributed by atoms with Gasteiger partial charge in [-0.3, -0.25) is 4.99 Å². The molecule has 1 rings (SSSR count). The molecular weight excluding hydrogens is 316 g/mol. The van der Waals surface area contributed by atoms with E-state index in [4.69, 9.17) is 10.9 Å².